The summed E-state index contributed by atoms with van der Waals surface area (Å²) in [6, 6.07) is 4.33. The van der Waals surface area contributed by atoms with E-state index in [-0.39, 0.29) is 18.8 Å². The van der Waals surface area contributed by atoms with E-state index < -0.39 is 4.92 Å². The van der Waals surface area contributed by atoms with Crippen molar-refractivity contribution in [3.8, 4) is 5.75 Å². The van der Waals surface area contributed by atoms with E-state index in [0.29, 0.717) is 17.1 Å². The number of nitrogens with zero attached hydrogens (tertiary/aromatic N) is 4. The third-order valence-corrected chi connectivity index (χ3v) is 2.64. The van der Waals surface area contributed by atoms with Gasteiger partial charge < -0.3 is 15.0 Å². The fourth-order valence-electron chi connectivity index (χ4n) is 1.56. The molecule has 0 radical (unpaired) electrons. The number of aryl methyl sites for hydroxylation is 1. The topological polar surface area (TPSA) is 109 Å². The van der Waals surface area contributed by atoms with Crippen molar-refractivity contribution in [1.82, 2.24) is 14.8 Å². The van der Waals surface area contributed by atoms with Crippen LogP contribution in [0, 0.1) is 10.1 Å². The van der Waals surface area contributed by atoms with Crippen LogP contribution in [-0.4, -0.2) is 19.7 Å². The van der Waals surface area contributed by atoms with Crippen LogP contribution in [0.1, 0.15) is 11.4 Å². The summed E-state index contributed by atoms with van der Waals surface area (Å²) in [5.74, 6) is 1.16. The molecule has 0 aliphatic carbocycles. The van der Waals surface area contributed by atoms with Crippen molar-refractivity contribution in [2.75, 3.05) is 0 Å². The fraction of sp³-hybridized carbons (Fsp3) is 0.273. The van der Waals surface area contributed by atoms with Crippen molar-refractivity contribution in [2.24, 2.45) is 12.8 Å². The number of benzene rings is 1. The van der Waals surface area contributed by atoms with Crippen molar-refractivity contribution in [3.63, 3.8) is 0 Å². The van der Waals surface area contributed by atoms with E-state index >= 15 is 0 Å². The number of non-ortho nitro benzene ring substituents is 1. The maximum atomic E-state index is 10.7. The molecule has 0 atom stereocenters. The zero-order valence-electron chi connectivity index (χ0n) is 10.3. The van der Waals surface area contributed by atoms with Crippen LogP contribution in [0.5, 0.6) is 5.75 Å². The van der Waals surface area contributed by atoms with Gasteiger partial charge in [0, 0.05) is 31.3 Å². The van der Waals surface area contributed by atoms with E-state index in [2.05, 4.69) is 10.2 Å². The Bertz CT molecular complexity index is 596. The zero-order valence-corrected chi connectivity index (χ0v) is 10.3. The first-order valence-corrected chi connectivity index (χ1v) is 5.55. The molecular weight excluding hydrogens is 250 g/mol. The molecule has 2 N–H and O–H groups in total. The van der Waals surface area contributed by atoms with Crippen LogP contribution in [0.25, 0.3) is 0 Å². The summed E-state index contributed by atoms with van der Waals surface area (Å²) in [5, 5.41) is 18.3. The minimum Gasteiger partial charge on any atom is -0.485 e. The van der Waals surface area contributed by atoms with Crippen molar-refractivity contribution < 1.29 is 9.66 Å². The Morgan fingerprint density at radius 2 is 2.32 bits per heavy atom. The van der Waals surface area contributed by atoms with Gasteiger partial charge in [0.15, 0.2) is 5.82 Å². The van der Waals surface area contributed by atoms with Gasteiger partial charge in [-0.15, -0.1) is 10.2 Å². The molecule has 0 saturated carbocycles. The molecule has 1 heterocycles. The van der Waals surface area contributed by atoms with Crippen molar-refractivity contribution in [1.29, 1.82) is 0 Å². The van der Waals surface area contributed by atoms with Gasteiger partial charge in [0.1, 0.15) is 18.7 Å². The average molecular weight is 263 g/mol. The summed E-state index contributed by atoms with van der Waals surface area (Å²) in [6.07, 6.45) is 1.57. The zero-order chi connectivity index (χ0) is 13.8. The molecule has 0 saturated heterocycles. The Morgan fingerprint density at radius 3 is 2.89 bits per heavy atom. The van der Waals surface area contributed by atoms with Gasteiger partial charge in [0.05, 0.1) is 4.92 Å². The first kappa shape index (κ1) is 13.0. The highest BCUT2D eigenvalue weighted by atomic mass is 16.6. The SMILES string of the molecule is Cn1cnnc1COc1ccc([N+](=O)[O-])cc1CN. The lowest BCUT2D eigenvalue weighted by Crippen LogP contribution is -2.06. The van der Waals surface area contributed by atoms with Crippen LogP contribution in [0.15, 0.2) is 24.5 Å². The number of hydrogen-bond acceptors (Lipinski definition) is 6. The molecule has 8 heteroatoms. The molecular formula is C11H13N5O3. The van der Waals surface area contributed by atoms with E-state index in [9.17, 15) is 10.1 Å². The highest BCUT2D eigenvalue weighted by Gasteiger charge is 2.11. The van der Waals surface area contributed by atoms with Crippen LogP contribution >= 0.6 is 0 Å². The molecule has 2 aromatic rings. The van der Waals surface area contributed by atoms with Crippen molar-refractivity contribution in [2.45, 2.75) is 13.2 Å². The predicted octanol–water partition coefficient (Wildman–Crippen LogP) is 0.761. The highest BCUT2D eigenvalue weighted by Crippen LogP contribution is 2.24. The van der Waals surface area contributed by atoms with Crippen LogP contribution in [-0.2, 0) is 20.2 Å². The largest absolute Gasteiger partial charge is 0.485 e. The molecule has 1 aromatic heterocycles. The van der Waals surface area contributed by atoms with Crippen molar-refractivity contribution >= 4 is 5.69 Å². The Morgan fingerprint density at radius 1 is 1.53 bits per heavy atom. The van der Waals surface area contributed by atoms with Gasteiger partial charge in [0.25, 0.3) is 5.69 Å². The second-order valence-corrected chi connectivity index (χ2v) is 3.90. The first-order chi connectivity index (χ1) is 9.11. The number of aromatic nitrogens is 3. The molecule has 0 spiro atoms. The van der Waals surface area contributed by atoms with E-state index in [0.717, 1.165) is 0 Å². The molecule has 100 valence electrons. The summed E-state index contributed by atoms with van der Waals surface area (Å²) >= 11 is 0. The molecule has 0 amide bonds. The van der Waals surface area contributed by atoms with E-state index in [1.807, 2.05) is 0 Å². The molecule has 0 aliphatic rings. The number of rotatable bonds is 5. The second-order valence-electron chi connectivity index (χ2n) is 3.90. The van der Waals surface area contributed by atoms with Crippen molar-refractivity contribution in [3.05, 3.63) is 46.0 Å². The van der Waals surface area contributed by atoms with Gasteiger partial charge in [-0.3, -0.25) is 10.1 Å². The quantitative estimate of drug-likeness (QED) is 0.630. The third-order valence-electron chi connectivity index (χ3n) is 2.64. The molecule has 19 heavy (non-hydrogen) atoms. The van der Waals surface area contributed by atoms with Gasteiger partial charge in [-0.25, -0.2) is 0 Å². The van der Waals surface area contributed by atoms with E-state index in [1.165, 1.54) is 18.2 Å². The van der Waals surface area contributed by atoms with Crippen LogP contribution in [0.3, 0.4) is 0 Å². The lowest BCUT2D eigenvalue weighted by atomic mass is 10.2. The lowest BCUT2D eigenvalue weighted by Gasteiger charge is -2.09. The maximum absolute atomic E-state index is 10.7. The van der Waals surface area contributed by atoms with Crippen LogP contribution in [0.2, 0.25) is 0 Å². The van der Waals surface area contributed by atoms with Crippen LogP contribution < -0.4 is 10.5 Å². The van der Waals surface area contributed by atoms with Gasteiger partial charge in [0.2, 0.25) is 0 Å². The number of nitrogens with two attached hydrogens (primary N) is 1. The Hall–Kier alpha value is -2.48. The minimum absolute atomic E-state index is 0.00791. The number of hydrogen-bond donors (Lipinski definition) is 1. The lowest BCUT2D eigenvalue weighted by molar-refractivity contribution is -0.384. The van der Waals surface area contributed by atoms with Crippen LogP contribution in [0.4, 0.5) is 5.69 Å². The standard InChI is InChI=1S/C11H13N5O3/c1-15-7-13-14-11(15)6-19-10-3-2-9(16(17)18)4-8(10)5-12/h2-4,7H,5-6,12H2,1H3. The number of nitro groups is 1. The minimum atomic E-state index is -0.467. The first-order valence-electron chi connectivity index (χ1n) is 5.55. The second kappa shape index (κ2) is 5.44. The number of nitro benzene ring substituents is 1. The number of ether oxygens (including phenoxy) is 1. The predicted molar refractivity (Wildman–Crippen MR) is 66.3 cm³/mol. The summed E-state index contributed by atoms with van der Waals surface area (Å²) in [6.45, 7) is 0.386. The van der Waals surface area contributed by atoms with Gasteiger partial charge >= 0.3 is 0 Å². The summed E-state index contributed by atoms with van der Waals surface area (Å²) in [4.78, 5) is 10.2. The summed E-state index contributed by atoms with van der Waals surface area (Å²) in [7, 11) is 1.80. The van der Waals surface area contributed by atoms with Gasteiger partial charge in [-0.2, -0.15) is 0 Å². The van der Waals surface area contributed by atoms with Gasteiger partial charge in [-0.1, -0.05) is 0 Å². The Kier molecular flexibility index (Phi) is 3.71. The fourth-order valence-corrected chi connectivity index (χ4v) is 1.56. The van der Waals surface area contributed by atoms with Gasteiger partial charge in [-0.05, 0) is 6.07 Å². The van der Waals surface area contributed by atoms with E-state index in [1.54, 1.807) is 17.9 Å². The third kappa shape index (κ3) is 2.86. The van der Waals surface area contributed by atoms with E-state index in [4.69, 9.17) is 10.5 Å². The summed E-state index contributed by atoms with van der Waals surface area (Å²) in [5.41, 5.74) is 6.13. The Balaban J connectivity index is 2.16. The molecule has 2 rings (SSSR count). The summed E-state index contributed by atoms with van der Waals surface area (Å²) < 4.78 is 7.29. The molecule has 0 fully saturated rings. The molecule has 0 aliphatic heterocycles. The molecule has 0 bridgehead atoms. The monoisotopic (exact) mass is 263 g/mol. The molecule has 8 nitrogen and oxygen atoms in total. The molecule has 0 unspecified atom stereocenters. The molecule has 1 aromatic carbocycles. The maximum Gasteiger partial charge on any atom is 0.270 e. The average Bonchev–Trinajstić information content (AvgIpc) is 2.81. The Labute approximate surface area is 109 Å². The highest BCUT2D eigenvalue weighted by molar-refractivity contribution is 5.43. The smallest absolute Gasteiger partial charge is 0.270 e. The normalized spacial score (nSPS) is 10.4.